The molecule has 0 aliphatic rings. The Morgan fingerprint density at radius 2 is 1.77 bits per heavy atom. The van der Waals surface area contributed by atoms with E-state index in [4.69, 9.17) is 9.62 Å². The molecule has 0 N–H and O–H groups in total. The number of rotatable bonds is 3. The van der Waals surface area contributed by atoms with E-state index in [2.05, 4.69) is 34.4 Å². The van der Waals surface area contributed by atoms with Gasteiger partial charge in [0.25, 0.3) is 0 Å². The maximum Gasteiger partial charge on any atom is 0.223 e. The molecule has 0 aliphatic heterocycles. The highest BCUT2D eigenvalue weighted by Crippen LogP contribution is 2.27. The monoisotopic (exact) mass is 290 g/mol. The number of hydrogen-bond acceptors (Lipinski definition) is 4. The molecule has 5 heteroatoms. The average molecular weight is 290 g/mol. The van der Waals surface area contributed by atoms with Crippen molar-refractivity contribution in [3.63, 3.8) is 0 Å². The lowest BCUT2D eigenvalue weighted by atomic mass is 10.1. The zero-order chi connectivity index (χ0) is 14.9. The summed E-state index contributed by atoms with van der Waals surface area (Å²) < 4.78 is 6.96. The van der Waals surface area contributed by atoms with Crippen molar-refractivity contribution >= 4 is 10.9 Å². The Bertz CT molecular complexity index is 924. The molecular weight excluding hydrogens is 276 g/mol. The standard InChI is InChI=1S/C17H14N4O/c1-12-18-16(20-22-12)11-21-15-10-6-5-9-14(15)17(19-21)13-7-3-2-4-8-13/h2-10H,11H2,1H3. The molecule has 0 unspecified atom stereocenters. The SMILES string of the molecule is Cc1nc(Cn2nc(-c3ccccc3)c3ccccc32)no1. The van der Waals surface area contributed by atoms with Gasteiger partial charge in [-0.25, -0.2) is 0 Å². The first-order valence-electron chi connectivity index (χ1n) is 7.11. The minimum absolute atomic E-state index is 0.491. The van der Waals surface area contributed by atoms with Crippen LogP contribution in [0.5, 0.6) is 0 Å². The molecular formula is C17H14N4O. The second-order valence-corrected chi connectivity index (χ2v) is 5.12. The topological polar surface area (TPSA) is 56.7 Å². The van der Waals surface area contributed by atoms with Crippen LogP contribution in [0.3, 0.4) is 0 Å². The van der Waals surface area contributed by atoms with Crippen molar-refractivity contribution in [1.82, 2.24) is 19.9 Å². The normalized spacial score (nSPS) is 11.1. The fourth-order valence-electron chi connectivity index (χ4n) is 2.60. The summed E-state index contributed by atoms with van der Waals surface area (Å²) in [5.41, 5.74) is 3.13. The van der Waals surface area contributed by atoms with Crippen LogP contribution in [0.2, 0.25) is 0 Å². The van der Waals surface area contributed by atoms with Crippen molar-refractivity contribution in [3.8, 4) is 11.3 Å². The van der Waals surface area contributed by atoms with Gasteiger partial charge in [-0.15, -0.1) is 0 Å². The maximum atomic E-state index is 5.04. The van der Waals surface area contributed by atoms with Crippen molar-refractivity contribution in [2.24, 2.45) is 0 Å². The Kier molecular flexibility index (Phi) is 2.96. The van der Waals surface area contributed by atoms with E-state index in [-0.39, 0.29) is 0 Å². The van der Waals surface area contributed by atoms with Gasteiger partial charge in [-0.05, 0) is 6.07 Å². The molecule has 0 saturated carbocycles. The minimum atomic E-state index is 0.491. The largest absolute Gasteiger partial charge is 0.340 e. The van der Waals surface area contributed by atoms with E-state index in [0.29, 0.717) is 18.3 Å². The van der Waals surface area contributed by atoms with Gasteiger partial charge in [-0.1, -0.05) is 53.7 Å². The van der Waals surface area contributed by atoms with E-state index in [1.165, 1.54) is 0 Å². The van der Waals surface area contributed by atoms with E-state index in [0.717, 1.165) is 22.2 Å². The van der Waals surface area contributed by atoms with Gasteiger partial charge in [0, 0.05) is 17.9 Å². The van der Waals surface area contributed by atoms with E-state index >= 15 is 0 Å². The first kappa shape index (κ1) is 12.8. The minimum Gasteiger partial charge on any atom is -0.340 e. The molecule has 2 heterocycles. The van der Waals surface area contributed by atoms with Crippen LogP contribution >= 0.6 is 0 Å². The highest BCUT2D eigenvalue weighted by Gasteiger charge is 2.13. The molecule has 2 aromatic carbocycles. The molecule has 0 aliphatic carbocycles. The van der Waals surface area contributed by atoms with Gasteiger partial charge < -0.3 is 4.52 Å². The van der Waals surface area contributed by atoms with Gasteiger partial charge in [0.15, 0.2) is 5.82 Å². The summed E-state index contributed by atoms with van der Waals surface area (Å²) in [7, 11) is 0. The molecule has 2 aromatic heterocycles. The van der Waals surface area contributed by atoms with Crippen LogP contribution < -0.4 is 0 Å². The molecule has 0 saturated heterocycles. The fraction of sp³-hybridized carbons (Fsp3) is 0.118. The Hall–Kier alpha value is -2.95. The number of hydrogen-bond donors (Lipinski definition) is 0. The van der Waals surface area contributed by atoms with Gasteiger partial charge in [0.05, 0.1) is 5.52 Å². The number of para-hydroxylation sites is 1. The van der Waals surface area contributed by atoms with Gasteiger partial charge >= 0.3 is 0 Å². The number of nitrogens with zero attached hydrogens (tertiary/aromatic N) is 4. The first-order chi connectivity index (χ1) is 10.8. The Labute approximate surface area is 127 Å². The van der Waals surface area contributed by atoms with Gasteiger partial charge in [-0.2, -0.15) is 10.1 Å². The van der Waals surface area contributed by atoms with Gasteiger partial charge in [-0.3, -0.25) is 4.68 Å². The molecule has 0 amide bonds. The number of benzene rings is 2. The summed E-state index contributed by atoms with van der Waals surface area (Å²) in [6, 6.07) is 18.4. The quantitative estimate of drug-likeness (QED) is 0.580. The van der Waals surface area contributed by atoms with Gasteiger partial charge in [0.2, 0.25) is 5.89 Å². The lowest BCUT2D eigenvalue weighted by molar-refractivity contribution is 0.385. The number of aryl methyl sites for hydroxylation is 1. The van der Waals surface area contributed by atoms with Crippen LogP contribution in [-0.4, -0.2) is 19.9 Å². The van der Waals surface area contributed by atoms with Crippen LogP contribution in [-0.2, 0) is 6.54 Å². The van der Waals surface area contributed by atoms with Crippen LogP contribution in [0.4, 0.5) is 0 Å². The molecule has 0 radical (unpaired) electrons. The molecule has 4 rings (SSSR count). The van der Waals surface area contributed by atoms with Crippen molar-refractivity contribution in [3.05, 3.63) is 66.3 Å². The maximum absolute atomic E-state index is 5.04. The van der Waals surface area contributed by atoms with Crippen LogP contribution in [0, 0.1) is 6.92 Å². The van der Waals surface area contributed by atoms with Crippen LogP contribution in [0.15, 0.2) is 59.1 Å². The van der Waals surface area contributed by atoms with Crippen molar-refractivity contribution in [2.75, 3.05) is 0 Å². The predicted molar refractivity (Wildman–Crippen MR) is 83.3 cm³/mol. The summed E-state index contributed by atoms with van der Waals surface area (Å²) in [4.78, 5) is 4.26. The Morgan fingerprint density at radius 3 is 2.55 bits per heavy atom. The van der Waals surface area contributed by atoms with Crippen molar-refractivity contribution < 1.29 is 4.52 Å². The van der Waals surface area contributed by atoms with E-state index < -0.39 is 0 Å². The van der Waals surface area contributed by atoms with Gasteiger partial charge in [0.1, 0.15) is 12.2 Å². The zero-order valence-corrected chi connectivity index (χ0v) is 12.1. The molecule has 108 valence electrons. The Balaban J connectivity index is 1.86. The lowest BCUT2D eigenvalue weighted by Gasteiger charge is -1.98. The third kappa shape index (κ3) is 2.16. The number of fused-ring (bicyclic) bond motifs is 1. The average Bonchev–Trinajstić information content (AvgIpc) is 3.13. The summed E-state index contributed by atoms with van der Waals surface area (Å²) in [6.07, 6.45) is 0. The molecule has 0 spiro atoms. The zero-order valence-electron chi connectivity index (χ0n) is 12.1. The molecule has 4 aromatic rings. The van der Waals surface area contributed by atoms with E-state index in [1.54, 1.807) is 6.92 Å². The van der Waals surface area contributed by atoms with Crippen molar-refractivity contribution in [1.29, 1.82) is 0 Å². The molecule has 5 nitrogen and oxygen atoms in total. The van der Waals surface area contributed by atoms with E-state index in [1.807, 2.05) is 35.0 Å². The molecule has 22 heavy (non-hydrogen) atoms. The Morgan fingerprint density at radius 1 is 1.00 bits per heavy atom. The third-order valence-electron chi connectivity index (χ3n) is 3.57. The third-order valence-corrected chi connectivity index (χ3v) is 3.57. The summed E-state index contributed by atoms with van der Waals surface area (Å²) in [5.74, 6) is 1.19. The second kappa shape index (κ2) is 5.11. The van der Waals surface area contributed by atoms with Crippen LogP contribution in [0.25, 0.3) is 22.2 Å². The smallest absolute Gasteiger partial charge is 0.223 e. The fourth-order valence-corrected chi connectivity index (χ4v) is 2.60. The summed E-state index contributed by atoms with van der Waals surface area (Å²) in [6.45, 7) is 2.28. The molecule has 0 fully saturated rings. The van der Waals surface area contributed by atoms with E-state index in [9.17, 15) is 0 Å². The van der Waals surface area contributed by atoms with Crippen LogP contribution in [0.1, 0.15) is 11.7 Å². The highest BCUT2D eigenvalue weighted by atomic mass is 16.5. The first-order valence-corrected chi connectivity index (χ1v) is 7.11. The molecule has 0 atom stereocenters. The highest BCUT2D eigenvalue weighted by molar-refractivity contribution is 5.93. The van der Waals surface area contributed by atoms with Crippen molar-refractivity contribution in [2.45, 2.75) is 13.5 Å². The lowest BCUT2D eigenvalue weighted by Crippen LogP contribution is -2.03. The number of aromatic nitrogens is 4. The predicted octanol–water partition coefficient (Wildman–Crippen LogP) is 3.44. The second-order valence-electron chi connectivity index (χ2n) is 5.12. The summed E-state index contributed by atoms with van der Waals surface area (Å²) >= 11 is 0. The summed E-state index contributed by atoms with van der Waals surface area (Å²) in [5, 5.41) is 9.83. The molecule has 0 bridgehead atoms.